The van der Waals surface area contributed by atoms with Crippen LogP contribution in [0.2, 0.25) is 0 Å². The number of hydrogen-bond donors (Lipinski definition) is 1. The second kappa shape index (κ2) is 4.74. The van der Waals surface area contributed by atoms with Gasteiger partial charge >= 0.3 is 0 Å². The average molecular weight is 379 g/mol. The lowest BCUT2D eigenvalue weighted by Gasteiger charge is -2.45. The van der Waals surface area contributed by atoms with E-state index >= 15 is 0 Å². The van der Waals surface area contributed by atoms with Crippen LogP contribution in [0.3, 0.4) is 0 Å². The van der Waals surface area contributed by atoms with Crippen LogP contribution in [-0.2, 0) is 10.2 Å². The summed E-state index contributed by atoms with van der Waals surface area (Å²) in [5.74, 6) is -0.211. The Labute approximate surface area is 141 Å². The van der Waals surface area contributed by atoms with E-state index in [-0.39, 0.29) is 17.6 Å². The fourth-order valence-electron chi connectivity index (χ4n) is 4.03. The first-order valence-corrected chi connectivity index (χ1v) is 8.39. The number of benzene rings is 1. The second-order valence-electron chi connectivity index (χ2n) is 6.66. The molecule has 1 fully saturated rings. The summed E-state index contributed by atoms with van der Waals surface area (Å²) in [6.07, 6.45) is 2.46. The fraction of sp³-hybridized carbons (Fsp3) is 0.412. The first-order chi connectivity index (χ1) is 10.8. The van der Waals surface area contributed by atoms with E-state index in [1.165, 1.54) is 6.07 Å². The van der Waals surface area contributed by atoms with Crippen molar-refractivity contribution in [2.45, 2.75) is 31.3 Å². The quantitative estimate of drug-likeness (QED) is 0.829. The van der Waals surface area contributed by atoms with E-state index in [2.05, 4.69) is 20.9 Å². The van der Waals surface area contributed by atoms with Crippen LogP contribution in [0.15, 0.2) is 22.8 Å². The minimum atomic E-state index is -0.607. The molecular formula is C17H16BrFN2O2. The Morgan fingerprint density at radius 3 is 2.83 bits per heavy atom. The molecule has 1 unspecified atom stereocenters. The molecule has 1 N–H and O–H groups in total. The Hall–Kier alpha value is -1.53. The molecule has 0 radical (unpaired) electrons. The maximum absolute atomic E-state index is 13.8. The van der Waals surface area contributed by atoms with Gasteiger partial charge in [0.15, 0.2) is 0 Å². The van der Waals surface area contributed by atoms with Crippen LogP contribution in [0.25, 0.3) is 10.9 Å². The summed E-state index contributed by atoms with van der Waals surface area (Å²) >= 11 is 3.23. The van der Waals surface area contributed by atoms with Crippen LogP contribution in [-0.4, -0.2) is 29.1 Å². The zero-order valence-electron chi connectivity index (χ0n) is 12.8. The number of fused-ring (bicyclic) bond motifs is 4. The van der Waals surface area contributed by atoms with Gasteiger partial charge in [-0.05, 0) is 47.7 Å². The number of pyridine rings is 1. The van der Waals surface area contributed by atoms with Crippen LogP contribution in [0.4, 0.5) is 10.1 Å². The Balaban J connectivity index is 1.96. The van der Waals surface area contributed by atoms with E-state index in [0.29, 0.717) is 22.8 Å². The predicted molar refractivity (Wildman–Crippen MR) is 88.9 cm³/mol. The highest BCUT2D eigenvalue weighted by molar-refractivity contribution is 9.10. The standard InChI is InChI=1S/C17H16BrFN2O2/c1-8(22)9-5-17(6-9)15-10-3-11(18)12(19)4-13(10)20-7-14(15)21(2)16(17)23/h3-4,7-9,22H,5-6H2,1-2H3. The number of carbonyl (C=O) groups is 1. The summed E-state index contributed by atoms with van der Waals surface area (Å²) in [5.41, 5.74) is 1.65. The Kier molecular flexibility index (Phi) is 3.09. The van der Waals surface area contributed by atoms with Gasteiger partial charge in [-0.1, -0.05) is 0 Å². The minimum Gasteiger partial charge on any atom is -0.393 e. The third-order valence-electron chi connectivity index (χ3n) is 5.35. The summed E-state index contributed by atoms with van der Waals surface area (Å²) in [6.45, 7) is 1.76. The molecule has 1 aromatic heterocycles. The van der Waals surface area contributed by atoms with E-state index < -0.39 is 11.5 Å². The third-order valence-corrected chi connectivity index (χ3v) is 5.96. The molecule has 4 nitrogen and oxygen atoms in total. The molecule has 2 aromatic rings. The molecular weight excluding hydrogens is 363 g/mol. The van der Waals surface area contributed by atoms with Crippen LogP contribution in [0.5, 0.6) is 0 Å². The van der Waals surface area contributed by atoms with Crippen molar-refractivity contribution in [3.05, 3.63) is 34.2 Å². The minimum absolute atomic E-state index is 0.0409. The molecule has 4 rings (SSSR count). The highest BCUT2D eigenvalue weighted by Crippen LogP contribution is 2.58. The summed E-state index contributed by atoms with van der Waals surface area (Å²) in [5, 5.41) is 10.6. The number of amides is 1. The van der Waals surface area contributed by atoms with Gasteiger partial charge < -0.3 is 10.0 Å². The van der Waals surface area contributed by atoms with Gasteiger partial charge in [0.05, 0.1) is 33.4 Å². The van der Waals surface area contributed by atoms with Gasteiger partial charge in [0.2, 0.25) is 5.91 Å². The van der Waals surface area contributed by atoms with Crippen molar-refractivity contribution in [1.82, 2.24) is 4.98 Å². The molecule has 1 aliphatic heterocycles. The van der Waals surface area contributed by atoms with Crippen molar-refractivity contribution in [3.63, 3.8) is 0 Å². The first-order valence-electron chi connectivity index (χ1n) is 7.59. The molecule has 1 aromatic carbocycles. The number of halogens is 2. The number of carbonyl (C=O) groups excluding carboxylic acids is 1. The molecule has 1 aliphatic carbocycles. The SMILES string of the molecule is CC(O)C1CC2(C1)C(=O)N(C)c1cnc3cc(F)c(Br)cc3c12. The molecule has 1 spiro atoms. The molecule has 6 heteroatoms. The van der Waals surface area contributed by atoms with E-state index in [0.717, 1.165) is 16.6 Å². The van der Waals surface area contributed by atoms with Gasteiger partial charge in [-0.15, -0.1) is 0 Å². The molecule has 0 saturated heterocycles. The van der Waals surface area contributed by atoms with Crippen LogP contribution in [0, 0.1) is 11.7 Å². The zero-order chi connectivity index (χ0) is 16.5. The van der Waals surface area contributed by atoms with Gasteiger partial charge in [0.25, 0.3) is 0 Å². The first kappa shape index (κ1) is 15.0. The van der Waals surface area contributed by atoms with Crippen molar-refractivity contribution >= 4 is 38.4 Å². The van der Waals surface area contributed by atoms with Gasteiger partial charge in [0.1, 0.15) is 5.82 Å². The molecule has 1 amide bonds. The molecule has 1 saturated carbocycles. The molecule has 1 atom stereocenters. The van der Waals surface area contributed by atoms with E-state index in [4.69, 9.17) is 0 Å². The summed E-state index contributed by atoms with van der Waals surface area (Å²) in [6, 6.07) is 3.10. The van der Waals surface area contributed by atoms with Crippen molar-refractivity contribution in [2.75, 3.05) is 11.9 Å². The molecule has 23 heavy (non-hydrogen) atoms. The van der Waals surface area contributed by atoms with Crippen molar-refractivity contribution in [2.24, 2.45) is 5.92 Å². The highest BCUT2D eigenvalue weighted by atomic mass is 79.9. The normalized spacial score (nSPS) is 27.4. The summed E-state index contributed by atoms with van der Waals surface area (Å²) < 4.78 is 14.2. The topological polar surface area (TPSA) is 53.4 Å². The number of aromatic nitrogens is 1. The predicted octanol–water partition coefficient (Wildman–Crippen LogP) is 3.14. The lowest BCUT2D eigenvalue weighted by atomic mass is 9.57. The number of hydrogen-bond acceptors (Lipinski definition) is 3. The van der Waals surface area contributed by atoms with Gasteiger partial charge in [-0.3, -0.25) is 9.78 Å². The lowest BCUT2D eigenvalue weighted by Crippen LogP contribution is -2.51. The van der Waals surface area contributed by atoms with Crippen molar-refractivity contribution in [1.29, 1.82) is 0 Å². The Bertz CT molecular complexity index is 846. The third kappa shape index (κ3) is 1.85. The molecule has 120 valence electrons. The summed E-state index contributed by atoms with van der Waals surface area (Å²) in [4.78, 5) is 18.8. The van der Waals surface area contributed by atoms with Crippen LogP contribution >= 0.6 is 15.9 Å². The lowest BCUT2D eigenvalue weighted by molar-refractivity contribution is -0.129. The molecule has 2 aliphatic rings. The van der Waals surface area contributed by atoms with Crippen molar-refractivity contribution in [3.8, 4) is 0 Å². The maximum Gasteiger partial charge on any atom is 0.237 e. The maximum atomic E-state index is 13.8. The number of rotatable bonds is 1. The number of likely N-dealkylation sites (N-methyl/N-ethyl adjacent to an activating group) is 1. The summed E-state index contributed by atoms with van der Waals surface area (Å²) in [7, 11) is 1.75. The van der Waals surface area contributed by atoms with E-state index in [9.17, 15) is 14.3 Å². The van der Waals surface area contributed by atoms with E-state index in [1.54, 1.807) is 31.1 Å². The van der Waals surface area contributed by atoms with Gasteiger partial charge in [-0.25, -0.2) is 4.39 Å². The van der Waals surface area contributed by atoms with Gasteiger partial charge in [-0.2, -0.15) is 0 Å². The van der Waals surface area contributed by atoms with Gasteiger partial charge in [0, 0.05) is 24.1 Å². The number of nitrogens with zero attached hydrogens (tertiary/aromatic N) is 2. The molecule has 0 bridgehead atoms. The second-order valence-corrected chi connectivity index (χ2v) is 7.51. The fourth-order valence-corrected chi connectivity index (χ4v) is 4.37. The number of anilines is 1. The zero-order valence-corrected chi connectivity index (χ0v) is 14.4. The number of aliphatic hydroxyl groups excluding tert-OH is 1. The average Bonchev–Trinajstić information content (AvgIpc) is 2.68. The van der Waals surface area contributed by atoms with Crippen LogP contribution < -0.4 is 4.90 Å². The smallest absolute Gasteiger partial charge is 0.237 e. The monoisotopic (exact) mass is 378 g/mol. The Morgan fingerprint density at radius 2 is 2.17 bits per heavy atom. The van der Waals surface area contributed by atoms with Crippen molar-refractivity contribution < 1.29 is 14.3 Å². The highest BCUT2D eigenvalue weighted by Gasteiger charge is 2.59. The number of aliphatic hydroxyl groups is 1. The molecule has 2 heterocycles. The van der Waals surface area contributed by atoms with E-state index in [1.807, 2.05) is 0 Å². The largest absolute Gasteiger partial charge is 0.393 e. The Morgan fingerprint density at radius 1 is 1.48 bits per heavy atom. The van der Waals surface area contributed by atoms with Crippen LogP contribution in [0.1, 0.15) is 25.3 Å².